The summed E-state index contributed by atoms with van der Waals surface area (Å²) in [6, 6.07) is 3.93. The van der Waals surface area contributed by atoms with Crippen LogP contribution in [0.3, 0.4) is 0 Å². The SMILES string of the molecule is CC(=O)c1cc(C)c(C)cc1OCC1CCC1. The second kappa shape index (κ2) is 4.91. The van der Waals surface area contributed by atoms with Crippen molar-refractivity contribution in [2.24, 2.45) is 5.92 Å². The van der Waals surface area contributed by atoms with Crippen molar-refractivity contribution in [3.63, 3.8) is 0 Å². The molecule has 1 fully saturated rings. The molecule has 1 aromatic carbocycles. The molecule has 1 saturated carbocycles. The van der Waals surface area contributed by atoms with E-state index in [0.717, 1.165) is 17.9 Å². The molecule has 0 heterocycles. The Morgan fingerprint density at radius 1 is 1.29 bits per heavy atom. The van der Waals surface area contributed by atoms with Gasteiger partial charge in [-0.05, 0) is 62.8 Å². The van der Waals surface area contributed by atoms with Crippen LogP contribution in [0.15, 0.2) is 12.1 Å². The van der Waals surface area contributed by atoms with Gasteiger partial charge in [0.05, 0.1) is 12.2 Å². The maximum atomic E-state index is 11.6. The van der Waals surface area contributed by atoms with Gasteiger partial charge < -0.3 is 4.74 Å². The van der Waals surface area contributed by atoms with E-state index in [1.165, 1.54) is 24.8 Å². The minimum atomic E-state index is 0.0803. The monoisotopic (exact) mass is 232 g/mol. The number of aryl methyl sites for hydroxylation is 2. The molecule has 2 heteroatoms. The first kappa shape index (κ1) is 12.2. The van der Waals surface area contributed by atoms with Gasteiger partial charge >= 0.3 is 0 Å². The van der Waals surface area contributed by atoms with Crippen LogP contribution >= 0.6 is 0 Å². The third-order valence-corrected chi connectivity index (χ3v) is 3.67. The average molecular weight is 232 g/mol. The quantitative estimate of drug-likeness (QED) is 0.740. The Hall–Kier alpha value is -1.31. The first-order valence-electron chi connectivity index (χ1n) is 6.33. The lowest BCUT2D eigenvalue weighted by Crippen LogP contribution is -2.20. The lowest BCUT2D eigenvalue weighted by Gasteiger charge is -2.25. The molecule has 0 bridgehead atoms. The number of benzene rings is 1. The Morgan fingerprint density at radius 2 is 1.94 bits per heavy atom. The van der Waals surface area contributed by atoms with Crippen molar-refractivity contribution in [1.29, 1.82) is 0 Å². The standard InChI is InChI=1S/C15H20O2/c1-10-7-14(12(3)16)15(8-11(10)2)17-9-13-5-4-6-13/h7-8,13H,4-6,9H2,1-3H3. The highest BCUT2D eigenvalue weighted by atomic mass is 16.5. The largest absolute Gasteiger partial charge is 0.493 e. The second-order valence-electron chi connectivity index (χ2n) is 5.10. The zero-order chi connectivity index (χ0) is 12.4. The van der Waals surface area contributed by atoms with Gasteiger partial charge in [0.25, 0.3) is 0 Å². The summed E-state index contributed by atoms with van der Waals surface area (Å²) in [4.78, 5) is 11.6. The number of ether oxygens (including phenoxy) is 1. The van der Waals surface area contributed by atoms with Crippen LogP contribution in [-0.4, -0.2) is 12.4 Å². The van der Waals surface area contributed by atoms with Crippen LogP contribution in [0, 0.1) is 19.8 Å². The van der Waals surface area contributed by atoms with Crippen LogP contribution in [-0.2, 0) is 0 Å². The Bertz CT molecular complexity index is 431. The van der Waals surface area contributed by atoms with Gasteiger partial charge in [-0.2, -0.15) is 0 Å². The molecule has 0 unspecified atom stereocenters. The summed E-state index contributed by atoms with van der Waals surface area (Å²) in [5.41, 5.74) is 3.04. The maximum Gasteiger partial charge on any atom is 0.163 e. The molecule has 0 radical (unpaired) electrons. The molecule has 0 aromatic heterocycles. The molecule has 1 aromatic rings. The summed E-state index contributed by atoms with van der Waals surface area (Å²) in [6.07, 6.45) is 3.85. The van der Waals surface area contributed by atoms with Gasteiger partial charge in [-0.15, -0.1) is 0 Å². The van der Waals surface area contributed by atoms with Crippen molar-refractivity contribution < 1.29 is 9.53 Å². The van der Waals surface area contributed by atoms with Crippen molar-refractivity contribution in [2.75, 3.05) is 6.61 Å². The molecule has 0 atom stereocenters. The van der Waals surface area contributed by atoms with E-state index in [0.29, 0.717) is 11.5 Å². The fourth-order valence-electron chi connectivity index (χ4n) is 2.05. The van der Waals surface area contributed by atoms with Gasteiger partial charge in [0.1, 0.15) is 5.75 Å². The Balaban J connectivity index is 2.17. The number of Topliss-reactive ketones (excluding diaryl/α,β-unsaturated/α-hetero) is 1. The molecule has 0 saturated heterocycles. The van der Waals surface area contributed by atoms with Gasteiger partial charge in [0.15, 0.2) is 5.78 Å². The number of hydrogen-bond donors (Lipinski definition) is 0. The molecule has 92 valence electrons. The van der Waals surface area contributed by atoms with E-state index in [2.05, 4.69) is 6.92 Å². The van der Waals surface area contributed by atoms with Gasteiger partial charge in [0, 0.05) is 0 Å². The van der Waals surface area contributed by atoms with Crippen LogP contribution in [0.2, 0.25) is 0 Å². The lowest BCUT2D eigenvalue weighted by molar-refractivity contribution is 0.101. The van der Waals surface area contributed by atoms with E-state index in [4.69, 9.17) is 4.74 Å². The van der Waals surface area contributed by atoms with E-state index in [9.17, 15) is 4.79 Å². The Labute approximate surface area is 103 Å². The van der Waals surface area contributed by atoms with Crippen LogP contribution in [0.1, 0.15) is 47.7 Å². The van der Waals surface area contributed by atoms with Gasteiger partial charge in [0.2, 0.25) is 0 Å². The van der Waals surface area contributed by atoms with E-state index in [1.807, 2.05) is 19.1 Å². The first-order valence-corrected chi connectivity index (χ1v) is 6.33. The molecule has 1 aliphatic rings. The fraction of sp³-hybridized carbons (Fsp3) is 0.533. The normalized spacial score (nSPS) is 15.5. The molecule has 0 spiro atoms. The van der Waals surface area contributed by atoms with E-state index >= 15 is 0 Å². The molecule has 0 N–H and O–H groups in total. The van der Waals surface area contributed by atoms with E-state index in [-0.39, 0.29) is 5.78 Å². The summed E-state index contributed by atoms with van der Waals surface area (Å²) >= 11 is 0. The zero-order valence-corrected chi connectivity index (χ0v) is 10.9. The topological polar surface area (TPSA) is 26.3 Å². The number of ketones is 1. The van der Waals surface area contributed by atoms with Crippen molar-refractivity contribution in [2.45, 2.75) is 40.0 Å². The van der Waals surface area contributed by atoms with Crippen LogP contribution in [0.4, 0.5) is 0 Å². The molecule has 1 aliphatic carbocycles. The predicted octanol–water partition coefficient (Wildman–Crippen LogP) is 3.68. The molecule has 2 rings (SSSR count). The molecule has 0 amide bonds. The van der Waals surface area contributed by atoms with Crippen molar-refractivity contribution in [3.8, 4) is 5.75 Å². The van der Waals surface area contributed by atoms with Crippen LogP contribution in [0.5, 0.6) is 5.75 Å². The smallest absolute Gasteiger partial charge is 0.163 e. The van der Waals surface area contributed by atoms with E-state index in [1.54, 1.807) is 6.92 Å². The molecule has 17 heavy (non-hydrogen) atoms. The molecule has 2 nitrogen and oxygen atoms in total. The highest BCUT2D eigenvalue weighted by Gasteiger charge is 2.19. The lowest BCUT2D eigenvalue weighted by atomic mass is 9.86. The molecule has 0 aliphatic heterocycles. The second-order valence-corrected chi connectivity index (χ2v) is 5.10. The highest BCUT2D eigenvalue weighted by molar-refractivity contribution is 5.97. The van der Waals surface area contributed by atoms with E-state index < -0.39 is 0 Å². The predicted molar refractivity (Wildman–Crippen MR) is 68.8 cm³/mol. The summed E-state index contributed by atoms with van der Waals surface area (Å²) < 4.78 is 5.82. The molecular weight excluding hydrogens is 212 g/mol. The number of carbonyl (C=O) groups is 1. The first-order chi connectivity index (χ1) is 8.08. The number of carbonyl (C=O) groups excluding carboxylic acids is 1. The Morgan fingerprint density at radius 3 is 2.47 bits per heavy atom. The summed E-state index contributed by atoms with van der Waals surface area (Å²) in [5.74, 6) is 1.53. The zero-order valence-electron chi connectivity index (χ0n) is 10.9. The maximum absolute atomic E-state index is 11.6. The van der Waals surface area contributed by atoms with Crippen molar-refractivity contribution in [1.82, 2.24) is 0 Å². The third-order valence-electron chi connectivity index (χ3n) is 3.67. The van der Waals surface area contributed by atoms with Crippen LogP contribution < -0.4 is 4.74 Å². The van der Waals surface area contributed by atoms with Crippen LogP contribution in [0.25, 0.3) is 0 Å². The third kappa shape index (κ3) is 2.68. The summed E-state index contributed by atoms with van der Waals surface area (Å²) in [7, 11) is 0. The summed E-state index contributed by atoms with van der Waals surface area (Å²) in [6.45, 7) is 6.43. The van der Waals surface area contributed by atoms with Gasteiger partial charge in [-0.3, -0.25) is 4.79 Å². The number of hydrogen-bond acceptors (Lipinski definition) is 2. The van der Waals surface area contributed by atoms with Crippen molar-refractivity contribution in [3.05, 3.63) is 28.8 Å². The number of rotatable bonds is 4. The minimum Gasteiger partial charge on any atom is -0.493 e. The molecular formula is C15H20O2. The van der Waals surface area contributed by atoms with Gasteiger partial charge in [-0.1, -0.05) is 6.42 Å². The summed E-state index contributed by atoms with van der Waals surface area (Å²) in [5, 5.41) is 0. The van der Waals surface area contributed by atoms with Crippen molar-refractivity contribution >= 4 is 5.78 Å². The highest BCUT2D eigenvalue weighted by Crippen LogP contribution is 2.29. The Kier molecular flexibility index (Phi) is 3.51. The van der Waals surface area contributed by atoms with Gasteiger partial charge in [-0.25, -0.2) is 0 Å². The fourth-order valence-corrected chi connectivity index (χ4v) is 2.05. The average Bonchev–Trinajstić information content (AvgIpc) is 2.20. The minimum absolute atomic E-state index is 0.0803.